The molecule has 1 saturated heterocycles. The molecular weight excluding hydrogens is 1010 g/mol. The number of thiazole rings is 1. The van der Waals surface area contributed by atoms with E-state index in [1.165, 1.54) is 28.0 Å². The van der Waals surface area contributed by atoms with Crippen molar-refractivity contribution in [1.82, 2.24) is 41.2 Å². The van der Waals surface area contributed by atoms with E-state index in [0.717, 1.165) is 39.2 Å². The van der Waals surface area contributed by atoms with E-state index in [1.807, 2.05) is 64.1 Å². The number of aliphatic hydroxyl groups is 1. The molecule has 0 bridgehead atoms. The number of aromatic hydroxyl groups is 1. The van der Waals surface area contributed by atoms with Gasteiger partial charge in [-0.25, -0.2) is 4.98 Å². The van der Waals surface area contributed by atoms with Gasteiger partial charge in [0.15, 0.2) is 18.1 Å². The standard InChI is InChI=1S/C55H68N8O13S/c1-33-49(77-32-58-33)36-9-7-34(8-10-36)29-57-52(69)44-26-38(64)30-63(44)54(71)50(55(2,3)4)60-47(66)17-19-72-21-23-74-24-22-73-20-18-56-48(67)31-75-39-14-11-35-13-16-42(41(35)27-39)59-51(68)43-28-46(76-61-43)37-12-15-40(45(65)25-37)53(70)62(5)6/h7-12,14-15,25,27-28,32,38,42,44,50,64-65H,13,16-24,26,29-31H2,1-6H3,(H,56,67)(H,57,69)(H,59,68)(H,60,66)/t38-,42-,44+,50?/m1/s1. The molecule has 22 heteroatoms. The Labute approximate surface area is 451 Å². The molecule has 0 saturated carbocycles. The van der Waals surface area contributed by atoms with Crippen molar-refractivity contribution >= 4 is 46.8 Å². The molecule has 0 radical (unpaired) electrons. The van der Waals surface area contributed by atoms with Crippen molar-refractivity contribution in [2.45, 2.75) is 84.2 Å². The van der Waals surface area contributed by atoms with Crippen molar-refractivity contribution in [3.05, 3.63) is 106 Å². The van der Waals surface area contributed by atoms with Gasteiger partial charge in [0.05, 0.1) is 73.4 Å². The van der Waals surface area contributed by atoms with Gasteiger partial charge in [-0.1, -0.05) is 62.3 Å². The molecule has 6 N–H and O–H groups in total. The van der Waals surface area contributed by atoms with Gasteiger partial charge in [-0.15, -0.1) is 11.3 Å². The molecule has 2 aromatic heterocycles. The first-order valence-electron chi connectivity index (χ1n) is 25.5. The van der Waals surface area contributed by atoms with Gasteiger partial charge in [-0.3, -0.25) is 28.8 Å². The number of carbonyl (C=O) groups excluding carboxylic acids is 6. The summed E-state index contributed by atoms with van der Waals surface area (Å²) in [6, 6.07) is 17.1. The summed E-state index contributed by atoms with van der Waals surface area (Å²) in [4.78, 5) is 86.6. The second kappa shape index (κ2) is 26.7. The molecule has 1 unspecified atom stereocenters. The van der Waals surface area contributed by atoms with E-state index in [1.54, 1.807) is 43.1 Å². The number of hydrogen-bond donors (Lipinski definition) is 6. The van der Waals surface area contributed by atoms with Crippen LogP contribution in [0.25, 0.3) is 21.8 Å². The Morgan fingerprint density at radius 3 is 2.29 bits per heavy atom. The highest BCUT2D eigenvalue weighted by atomic mass is 32.1. The number of ether oxygens (including phenoxy) is 4. The highest BCUT2D eigenvalue weighted by Crippen LogP contribution is 2.35. The van der Waals surface area contributed by atoms with Crippen LogP contribution in [-0.4, -0.2) is 157 Å². The third-order valence-electron chi connectivity index (χ3n) is 13.0. The van der Waals surface area contributed by atoms with Gasteiger partial charge in [-0.05, 0) is 71.7 Å². The first-order valence-corrected chi connectivity index (χ1v) is 26.4. The second-order valence-corrected chi connectivity index (χ2v) is 21.0. The number of carbonyl (C=O) groups is 6. The molecule has 1 fully saturated rings. The average Bonchev–Trinajstić information content (AvgIpc) is 4.25. The molecule has 1 aliphatic heterocycles. The monoisotopic (exact) mass is 1080 g/mol. The first kappa shape index (κ1) is 57.5. The number of phenols is 1. The molecule has 5 aromatic rings. The molecular formula is C55H68N8O13S. The number of benzene rings is 3. The average molecular weight is 1080 g/mol. The Hall–Kier alpha value is -7.24. The number of β-amino-alcohol motifs (C(OH)–C–C–N with tert-alkyl or cyclic N) is 1. The maximum Gasteiger partial charge on any atom is 0.273 e. The number of amides is 6. The number of aliphatic hydroxyl groups excluding tert-OH is 1. The van der Waals surface area contributed by atoms with Crippen molar-refractivity contribution in [3.63, 3.8) is 0 Å². The predicted molar refractivity (Wildman–Crippen MR) is 284 cm³/mol. The fourth-order valence-electron chi connectivity index (χ4n) is 8.86. The topological polar surface area (TPSA) is 273 Å². The van der Waals surface area contributed by atoms with Crippen LogP contribution in [0.5, 0.6) is 11.5 Å². The maximum atomic E-state index is 14.0. The minimum Gasteiger partial charge on any atom is -0.507 e. The van der Waals surface area contributed by atoms with Crippen LogP contribution in [0.4, 0.5) is 0 Å². The highest BCUT2D eigenvalue weighted by Gasteiger charge is 2.44. The van der Waals surface area contributed by atoms with Gasteiger partial charge in [0.2, 0.25) is 17.7 Å². The summed E-state index contributed by atoms with van der Waals surface area (Å²) < 4.78 is 27.9. The summed E-state index contributed by atoms with van der Waals surface area (Å²) >= 11 is 1.56. The van der Waals surface area contributed by atoms with Gasteiger partial charge in [0, 0.05) is 58.2 Å². The molecule has 7 rings (SSSR count). The number of rotatable bonds is 25. The Morgan fingerprint density at radius 1 is 0.883 bits per heavy atom. The van der Waals surface area contributed by atoms with Gasteiger partial charge >= 0.3 is 0 Å². The quantitative estimate of drug-likeness (QED) is 0.0444. The molecule has 21 nitrogen and oxygen atoms in total. The zero-order valence-corrected chi connectivity index (χ0v) is 45.0. The van der Waals surface area contributed by atoms with Crippen LogP contribution in [0.15, 0.2) is 76.8 Å². The molecule has 77 heavy (non-hydrogen) atoms. The molecule has 0 spiro atoms. The summed E-state index contributed by atoms with van der Waals surface area (Å²) in [6.45, 7) is 9.04. The van der Waals surface area contributed by atoms with E-state index in [2.05, 4.69) is 31.4 Å². The van der Waals surface area contributed by atoms with Crippen molar-refractivity contribution < 1.29 is 62.5 Å². The van der Waals surface area contributed by atoms with E-state index in [0.29, 0.717) is 17.7 Å². The third-order valence-corrected chi connectivity index (χ3v) is 14.0. The second-order valence-electron chi connectivity index (χ2n) is 20.1. The van der Waals surface area contributed by atoms with Crippen molar-refractivity contribution in [2.24, 2.45) is 5.41 Å². The van der Waals surface area contributed by atoms with Crippen LogP contribution in [0.1, 0.15) is 89.3 Å². The number of nitrogens with zero attached hydrogens (tertiary/aromatic N) is 4. The van der Waals surface area contributed by atoms with Gasteiger partial charge in [0.25, 0.3) is 17.7 Å². The molecule has 3 aromatic carbocycles. The van der Waals surface area contributed by atoms with Crippen molar-refractivity contribution in [3.8, 4) is 33.3 Å². The number of aryl methyl sites for hydroxylation is 2. The summed E-state index contributed by atoms with van der Waals surface area (Å²) in [5.41, 5.74) is 6.51. The minimum absolute atomic E-state index is 0.00947. The number of phenolic OH excluding ortho intramolecular Hbond substituents is 1. The largest absolute Gasteiger partial charge is 0.507 e. The van der Waals surface area contributed by atoms with Crippen LogP contribution >= 0.6 is 11.3 Å². The van der Waals surface area contributed by atoms with Crippen LogP contribution in [-0.2, 0) is 46.4 Å². The SMILES string of the molecule is Cc1ncsc1-c1ccc(CNC(=O)[C@@H]2C[C@@H](O)CN2C(=O)C(NC(=O)CCOCCOCCOCCNC(=O)COc2ccc3c(c2)[C@H](NC(=O)c2cc(-c4ccc(C(=O)N(C)C)c(O)c4)on2)CC3)C(C)(C)C)cc1. The Bertz CT molecular complexity index is 2860. The molecule has 6 amide bonds. The van der Waals surface area contributed by atoms with E-state index in [9.17, 15) is 39.0 Å². The fraction of sp³-hybridized carbons (Fsp3) is 0.455. The Kier molecular flexibility index (Phi) is 19.9. The lowest BCUT2D eigenvalue weighted by molar-refractivity contribution is -0.144. The number of nitrogens with one attached hydrogen (secondary N) is 4. The van der Waals surface area contributed by atoms with Crippen LogP contribution < -0.4 is 26.0 Å². The number of likely N-dealkylation sites (tertiary alicyclic amines) is 1. The van der Waals surface area contributed by atoms with E-state index in [4.69, 9.17) is 23.5 Å². The Morgan fingerprint density at radius 2 is 1.60 bits per heavy atom. The maximum absolute atomic E-state index is 14.0. The van der Waals surface area contributed by atoms with Crippen LogP contribution in [0, 0.1) is 12.3 Å². The number of hydrogen-bond acceptors (Lipinski definition) is 16. The third kappa shape index (κ3) is 15.7. The van der Waals surface area contributed by atoms with E-state index >= 15 is 0 Å². The van der Waals surface area contributed by atoms with Gasteiger partial charge < -0.3 is 64.8 Å². The molecule has 4 atom stereocenters. The molecule has 3 heterocycles. The number of fused-ring (bicyclic) bond motifs is 1. The van der Waals surface area contributed by atoms with E-state index < -0.39 is 41.3 Å². The summed E-state index contributed by atoms with van der Waals surface area (Å²) in [5, 5.41) is 36.4. The van der Waals surface area contributed by atoms with E-state index in [-0.39, 0.29) is 125 Å². The van der Waals surface area contributed by atoms with Crippen LogP contribution in [0.2, 0.25) is 0 Å². The zero-order chi connectivity index (χ0) is 55.2. The fourth-order valence-corrected chi connectivity index (χ4v) is 9.67. The highest BCUT2D eigenvalue weighted by molar-refractivity contribution is 7.13. The van der Waals surface area contributed by atoms with Crippen molar-refractivity contribution in [2.75, 3.05) is 73.4 Å². The van der Waals surface area contributed by atoms with Gasteiger partial charge in [0.1, 0.15) is 23.6 Å². The van der Waals surface area contributed by atoms with Crippen molar-refractivity contribution in [1.29, 1.82) is 0 Å². The molecule has 1 aliphatic carbocycles. The summed E-state index contributed by atoms with van der Waals surface area (Å²) in [6.07, 6.45) is 0.583. The lowest BCUT2D eigenvalue weighted by atomic mass is 9.85. The summed E-state index contributed by atoms with van der Waals surface area (Å²) in [5.74, 6) is -1.88. The lowest BCUT2D eigenvalue weighted by Crippen LogP contribution is -2.57. The molecule has 412 valence electrons. The zero-order valence-electron chi connectivity index (χ0n) is 44.2. The first-order chi connectivity index (χ1) is 36.9. The minimum atomic E-state index is -0.958. The van der Waals surface area contributed by atoms with Crippen LogP contribution in [0.3, 0.4) is 0 Å². The summed E-state index contributed by atoms with van der Waals surface area (Å²) in [7, 11) is 3.17. The lowest BCUT2D eigenvalue weighted by Gasteiger charge is -2.35. The Balaban J connectivity index is 0.728. The molecule has 2 aliphatic rings. The normalized spacial score (nSPS) is 16.4. The predicted octanol–water partition coefficient (Wildman–Crippen LogP) is 4.34. The number of aromatic nitrogens is 2. The van der Waals surface area contributed by atoms with Gasteiger partial charge in [-0.2, -0.15) is 0 Å². The smallest absolute Gasteiger partial charge is 0.273 e.